The summed E-state index contributed by atoms with van der Waals surface area (Å²) in [5, 5.41) is 0. The Bertz CT molecular complexity index is 230. The number of rotatable bonds is 8. The molecule has 16 heavy (non-hydrogen) atoms. The van der Waals surface area contributed by atoms with Crippen molar-refractivity contribution < 1.29 is 0 Å². The van der Waals surface area contributed by atoms with E-state index in [-0.39, 0.29) is 29.6 Å². The van der Waals surface area contributed by atoms with Crippen LogP contribution in [0.4, 0.5) is 0 Å². The molecule has 0 aliphatic heterocycles. The average Bonchev–Trinajstić information content (AvgIpc) is 2.29. The van der Waals surface area contributed by atoms with E-state index < -0.39 is 0 Å². The molecule has 1 aromatic rings. The van der Waals surface area contributed by atoms with Gasteiger partial charge in [0.05, 0.1) is 0 Å². The minimum absolute atomic E-state index is 0. The zero-order valence-electron chi connectivity index (χ0n) is 9.97. The van der Waals surface area contributed by atoms with E-state index in [0.717, 1.165) is 0 Å². The van der Waals surface area contributed by atoms with E-state index in [2.05, 4.69) is 25.1 Å². The number of unbranched alkanes of at least 4 members (excludes halogenated alkanes) is 6. The predicted molar refractivity (Wildman–Crippen MR) is 74.1 cm³/mol. The molecule has 0 aliphatic carbocycles. The molecule has 0 spiro atoms. The minimum atomic E-state index is 0. The quantitative estimate of drug-likeness (QED) is 0.462. The monoisotopic (exact) mass is 227 g/mol. The molecule has 0 aromatic heterocycles. The molecule has 0 saturated heterocycles. The van der Waals surface area contributed by atoms with Crippen LogP contribution in [0.5, 0.6) is 0 Å². The van der Waals surface area contributed by atoms with Crippen LogP contribution in [0.3, 0.4) is 0 Å². The molecule has 0 N–H and O–H groups in total. The van der Waals surface area contributed by atoms with E-state index in [9.17, 15) is 0 Å². The van der Waals surface area contributed by atoms with Gasteiger partial charge in [-0.1, -0.05) is 69.7 Å². The molecular formula is C15H24Na. The van der Waals surface area contributed by atoms with Gasteiger partial charge in [-0.2, -0.15) is 0 Å². The third-order valence-corrected chi connectivity index (χ3v) is 2.86. The topological polar surface area (TPSA) is 0 Å². The second kappa shape index (κ2) is 11.7. The van der Waals surface area contributed by atoms with E-state index in [1.807, 2.05) is 12.1 Å². The second-order valence-corrected chi connectivity index (χ2v) is 4.28. The maximum absolute atomic E-state index is 3.06. The third-order valence-electron chi connectivity index (χ3n) is 2.86. The van der Waals surface area contributed by atoms with Crippen LogP contribution in [0.2, 0.25) is 0 Å². The third kappa shape index (κ3) is 8.38. The van der Waals surface area contributed by atoms with Gasteiger partial charge >= 0.3 is 29.6 Å². The fraction of sp³-hybridized carbons (Fsp3) is 0.600. The summed E-state index contributed by atoms with van der Waals surface area (Å²) in [4.78, 5) is 0. The summed E-state index contributed by atoms with van der Waals surface area (Å²) in [5.41, 5.74) is 1.46. The molecule has 0 atom stereocenters. The van der Waals surface area contributed by atoms with Gasteiger partial charge in [0.1, 0.15) is 0 Å². The summed E-state index contributed by atoms with van der Waals surface area (Å²) in [6.45, 7) is 2.27. The van der Waals surface area contributed by atoms with Crippen LogP contribution >= 0.6 is 0 Å². The molecule has 0 amide bonds. The molecule has 1 heteroatoms. The average molecular weight is 227 g/mol. The Hall–Kier alpha value is 0.220. The molecule has 0 fully saturated rings. The van der Waals surface area contributed by atoms with Gasteiger partial charge < -0.3 is 0 Å². The zero-order valence-corrected chi connectivity index (χ0v) is 9.97. The summed E-state index contributed by atoms with van der Waals surface area (Å²) in [6.07, 6.45) is 11.0. The molecule has 1 rings (SSSR count). The second-order valence-electron chi connectivity index (χ2n) is 4.28. The van der Waals surface area contributed by atoms with Crippen LogP contribution in [0.15, 0.2) is 24.3 Å². The van der Waals surface area contributed by atoms with Crippen molar-refractivity contribution in [1.82, 2.24) is 0 Å². The van der Waals surface area contributed by atoms with E-state index in [4.69, 9.17) is 0 Å². The molecule has 1 radical (unpaired) electrons. The van der Waals surface area contributed by atoms with Crippen molar-refractivity contribution >= 4 is 29.6 Å². The number of hydrogen-bond donors (Lipinski definition) is 0. The summed E-state index contributed by atoms with van der Waals surface area (Å²) < 4.78 is 0. The number of aryl methyl sites for hydroxylation is 1. The van der Waals surface area contributed by atoms with Crippen molar-refractivity contribution in [2.24, 2.45) is 0 Å². The van der Waals surface area contributed by atoms with Crippen LogP contribution in [-0.2, 0) is 6.42 Å². The van der Waals surface area contributed by atoms with Crippen LogP contribution in [0.25, 0.3) is 0 Å². The van der Waals surface area contributed by atoms with Crippen molar-refractivity contribution in [1.29, 1.82) is 0 Å². The van der Waals surface area contributed by atoms with Crippen LogP contribution in [0, 0.1) is 6.07 Å². The summed E-state index contributed by atoms with van der Waals surface area (Å²) in [5.74, 6) is 0. The Balaban J connectivity index is 0.00000225. The summed E-state index contributed by atoms with van der Waals surface area (Å²) >= 11 is 0. The van der Waals surface area contributed by atoms with E-state index in [1.54, 1.807) is 0 Å². The Morgan fingerprint density at radius 1 is 0.875 bits per heavy atom. The maximum atomic E-state index is 3.06. The van der Waals surface area contributed by atoms with Crippen LogP contribution in [-0.4, -0.2) is 29.6 Å². The van der Waals surface area contributed by atoms with Crippen LogP contribution in [0.1, 0.15) is 57.4 Å². The Morgan fingerprint density at radius 3 is 2.06 bits per heavy atom. The molecule has 0 bridgehead atoms. The molecule has 0 heterocycles. The van der Waals surface area contributed by atoms with Gasteiger partial charge in [-0.3, -0.25) is 0 Å². The normalized spacial score (nSPS) is 9.81. The van der Waals surface area contributed by atoms with Crippen molar-refractivity contribution in [3.63, 3.8) is 0 Å². The fourth-order valence-electron chi connectivity index (χ4n) is 1.87. The standard InChI is InChI=1S/C15H23.Na.H/c1-2-3-4-5-6-7-9-12-15-13-10-8-11-14-15;;/h10-11,13-14H,2-7,9,12H2,1H3;;. The molecule has 0 aliphatic rings. The Morgan fingerprint density at radius 2 is 1.44 bits per heavy atom. The first-order chi connectivity index (χ1) is 7.43. The van der Waals surface area contributed by atoms with Crippen LogP contribution < -0.4 is 0 Å². The summed E-state index contributed by atoms with van der Waals surface area (Å²) in [6, 6.07) is 11.4. The van der Waals surface area contributed by atoms with Gasteiger partial charge in [0.25, 0.3) is 0 Å². The molecule has 0 unspecified atom stereocenters. The first-order valence-corrected chi connectivity index (χ1v) is 6.38. The molecule has 0 saturated carbocycles. The van der Waals surface area contributed by atoms with Crippen molar-refractivity contribution in [2.45, 2.75) is 58.3 Å². The van der Waals surface area contributed by atoms with E-state index in [0.29, 0.717) is 0 Å². The van der Waals surface area contributed by atoms with Gasteiger partial charge in [-0.25, -0.2) is 0 Å². The van der Waals surface area contributed by atoms with Gasteiger partial charge in [0, 0.05) is 0 Å². The Labute approximate surface area is 123 Å². The van der Waals surface area contributed by atoms with Gasteiger partial charge in [-0.15, -0.1) is 0 Å². The SMILES string of the molecule is CCCCCCCCCc1cc[c]cc1.[NaH]. The first-order valence-electron chi connectivity index (χ1n) is 6.38. The van der Waals surface area contributed by atoms with E-state index in [1.165, 1.54) is 56.9 Å². The van der Waals surface area contributed by atoms with Crippen molar-refractivity contribution in [3.8, 4) is 0 Å². The molecule has 0 nitrogen and oxygen atoms in total. The van der Waals surface area contributed by atoms with E-state index >= 15 is 0 Å². The Kier molecular flexibility index (Phi) is 11.9. The molecular weight excluding hydrogens is 203 g/mol. The van der Waals surface area contributed by atoms with Gasteiger partial charge in [-0.05, 0) is 24.5 Å². The van der Waals surface area contributed by atoms with Gasteiger partial charge in [0.15, 0.2) is 0 Å². The fourth-order valence-corrected chi connectivity index (χ4v) is 1.87. The molecule has 1 aromatic carbocycles. The number of hydrogen-bond acceptors (Lipinski definition) is 0. The van der Waals surface area contributed by atoms with Crippen molar-refractivity contribution in [2.75, 3.05) is 0 Å². The summed E-state index contributed by atoms with van der Waals surface area (Å²) in [7, 11) is 0. The van der Waals surface area contributed by atoms with Gasteiger partial charge in [0.2, 0.25) is 0 Å². The molecule has 85 valence electrons. The predicted octanol–water partition coefficient (Wildman–Crippen LogP) is 4.13. The van der Waals surface area contributed by atoms with Crippen molar-refractivity contribution in [3.05, 3.63) is 35.9 Å². The number of benzene rings is 1. The zero-order chi connectivity index (χ0) is 10.8. The first kappa shape index (κ1) is 16.2.